The number of carboxylic acids is 1. The molecule has 1 saturated heterocycles. The molecule has 1 atom stereocenters. The van der Waals surface area contributed by atoms with E-state index in [2.05, 4.69) is 5.10 Å². The number of aliphatic carboxylic acids is 1. The molecule has 7 heteroatoms. The van der Waals surface area contributed by atoms with Crippen LogP contribution in [0.25, 0.3) is 5.69 Å². The van der Waals surface area contributed by atoms with Crippen molar-refractivity contribution >= 4 is 23.5 Å². The molecule has 1 aliphatic heterocycles. The summed E-state index contributed by atoms with van der Waals surface area (Å²) in [6.07, 6.45) is 2.00. The Hall–Kier alpha value is -2.34. The van der Waals surface area contributed by atoms with Crippen molar-refractivity contribution in [2.45, 2.75) is 27.2 Å². The molecule has 2 heterocycles. The van der Waals surface area contributed by atoms with Gasteiger partial charge in [0.25, 0.3) is 5.91 Å². The first kappa shape index (κ1) is 18.5. The maximum absolute atomic E-state index is 13.0. The van der Waals surface area contributed by atoms with Gasteiger partial charge in [-0.25, -0.2) is 4.68 Å². The summed E-state index contributed by atoms with van der Waals surface area (Å²) in [5, 5.41) is 14.6. The van der Waals surface area contributed by atoms with E-state index in [9.17, 15) is 14.7 Å². The Kier molecular flexibility index (Phi) is 4.80. The molecule has 1 fully saturated rings. The summed E-state index contributed by atoms with van der Waals surface area (Å²) in [6.45, 7) is 6.27. The van der Waals surface area contributed by atoms with Crippen LogP contribution in [0.15, 0.2) is 30.5 Å². The van der Waals surface area contributed by atoms with E-state index in [4.69, 9.17) is 11.6 Å². The second-order valence-corrected chi connectivity index (χ2v) is 7.56. The van der Waals surface area contributed by atoms with Gasteiger partial charge in [-0.05, 0) is 37.5 Å². The van der Waals surface area contributed by atoms with Crippen LogP contribution < -0.4 is 0 Å². The second kappa shape index (κ2) is 6.76. The first-order valence-electron chi connectivity index (χ1n) is 8.59. The van der Waals surface area contributed by atoms with E-state index in [1.54, 1.807) is 21.7 Å². The van der Waals surface area contributed by atoms with E-state index in [0.29, 0.717) is 29.2 Å². The van der Waals surface area contributed by atoms with Crippen LogP contribution in [-0.4, -0.2) is 44.8 Å². The number of amides is 1. The summed E-state index contributed by atoms with van der Waals surface area (Å²) in [5.74, 6) is -1.07. The molecule has 1 aromatic heterocycles. The molecule has 0 saturated carbocycles. The monoisotopic (exact) mass is 375 g/mol. The lowest BCUT2D eigenvalue weighted by Crippen LogP contribution is -2.40. The van der Waals surface area contributed by atoms with Gasteiger partial charge in [-0.3, -0.25) is 9.59 Å². The predicted octanol–water partition coefficient (Wildman–Crippen LogP) is 3.41. The maximum atomic E-state index is 13.0. The van der Waals surface area contributed by atoms with Crippen LogP contribution in [0.5, 0.6) is 0 Å². The number of carbonyl (C=O) groups is 2. The quantitative estimate of drug-likeness (QED) is 0.888. The third-order valence-corrected chi connectivity index (χ3v) is 5.65. The standard InChI is InChI=1S/C19H22ClN3O3/c1-12(2)19(18(25)26)7-8-22(11-19)17(24)16-10-21-23(13(16)3)15-6-4-5-14(20)9-15/h4-6,9-10,12H,7-8,11H2,1-3H3,(H,25,26). The highest BCUT2D eigenvalue weighted by Crippen LogP contribution is 2.38. The van der Waals surface area contributed by atoms with Crippen molar-refractivity contribution in [2.24, 2.45) is 11.3 Å². The summed E-state index contributed by atoms with van der Waals surface area (Å²) in [6, 6.07) is 7.24. The van der Waals surface area contributed by atoms with Crippen molar-refractivity contribution in [3.63, 3.8) is 0 Å². The minimum Gasteiger partial charge on any atom is -0.481 e. The molecule has 138 valence electrons. The van der Waals surface area contributed by atoms with Crippen LogP contribution >= 0.6 is 11.6 Å². The molecular weight excluding hydrogens is 354 g/mol. The minimum absolute atomic E-state index is 0.0481. The number of nitrogens with zero attached hydrogens (tertiary/aromatic N) is 3. The lowest BCUT2D eigenvalue weighted by Gasteiger charge is -2.28. The zero-order valence-electron chi connectivity index (χ0n) is 15.1. The number of likely N-dealkylation sites (tertiary alicyclic amines) is 1. The maximum Gasteiger partial charge on any atom is 0.311 e. The smallest absolute Gasteiger partial charge is 0.311 e. The van der Waals surface area contributed by atoms with Crippen LogP contribution in [0.3, 0.4) is 0 Å². The largest absolute Gasteiger partial charge is 0.481 e. The SMILES string of the molecule is Cc1c(C(=O)N2CCC(C(=O)O)(C(C)C)C2)cnn1-c1cccc(Cl)c1. The Balaban J connectivity index is 1.87. The lowest BCUT2D eigenvalue weighted by atomic mass is 9.76. The van der Waals surface area contributed by atoms with Gasteiger partial charge in [0.05, 0.1) is 28.6 Å². The lowest BCUT2D eigenvalue weighted by molar-refractivity contribution is -0.150. The van der Waals surface area contributed by atoms with Gasteiger partial charge < -0.3 is 10.0 Å². The van der Waals surface area contributed by atoms with Crippen LogP contribution in [-0.2, 0) is 4.79 Å². The van der Waals surface area contributed by atoms with Gasteiger partial charge in [-0.1, -0.05) is 31.5 Å². The highest BCUT2D eigenvalue weighted by molar-refractivity contribution is 6.30. The number of hydrogen-bond acceptors (Lipinski definition) is 3. The fourth-order valence-electron chi connectivity index (χ4n) is 3.56. The molecule has 1 unspecified atom stereocenters. The van der Waals surface area contributed by atoms with Gasteiger partial charge >= 0.3 is 5.97 Å². The van der Waals surface area contributed by atoms with E-state index in [-0.39, 0.29) is 18.4 Å². The predicted molar refractivity (Wildman–Crippen MR) is 98.7 cm³/mol. The normalized spacial score (nSPS) is 20.0. The van der Waals surface area contributed by atoms with Gasteiger partial charge in [0.1, 0.15) is 0 Å². The number of carbonyl (C=O) groups excluding carboxylic acids is 1. The Bertz CT molecular complexity index is 861. The number of hydrogen-bond donors (Lipinski definition) is 1. The molecule has 6 nitrogen and oxygen atoms in total. The van der Waals surface area contributed by atoms with Gasteiger partial charge in [-0.15, -0.1) is 0 Å². The summed E-state index contributed by atoms with van der Waals surface area (Å²) in [7, 11) is 0. The molecular formula is C19H22ClN3O3. The average molecular weight is 376 g/mol. The van der Waals surface area contributed by atoms with E-state index in [1.807, 2.05) is 32.9 Å². The molecule has 26 heavy (non-hydrogen) atoms. The Morgan fingerprint density at radius 3 is 2.65 bits per heavy atom. The zero-order chi connectivity index (χ0) is 19.1. The molecule has 1 amide bonds. The third kappa shape index (κ3) is 2.98. The number of carboxylic acid groups (broad SMARTS) is 1. The third-order valence-electron chi connectivity index (χ3n) is 5.41. The first-order valence-corrected chi connectivity index (χ1v) is 8.97. The zero-order valence-corrected chi connectivity index (χ0v) is 15.8. The second-order valence-electron chi connectivity index (χ2n) is 7.13. The fraction of sp³-hybridized carbons (Fsp3) is 0.421. The number of rotatable bonds is 4. The number of benzene rings is 1. The molecule has 1 aromatic carbocycles. The van der Waals surface area contributed by atoms with Gasteiger partial charge in [0.15, 0.2) is 0 Å². The number of halogens is 1. The highest BCUT2D eigenvalue weighted by atomic mass is 35.5. The Morgan fingerprint density at radius 1 is 1.35 bits per heavy atom. The molecule has 2 aromatic rings. The van der Waals surface area contributed by atoms with Crippen molar-refractivity contribution in [2.75, 3.05) is 13.1 Å². The fourth-order valence-corrected chi connectivity index (χ4v) is 3.74. The molecule has 1 aliphatic rings. The minimum atomic E-state index is -0.882. The summed E-state index contributed by atoms with van der Waals surface area (Å²) < 4.78 is 1.67. The number of aromatic nitrogens is 2. The van der Waals surface area contributed by atoms with Crippen molar-refractivity contribution in [3.05, 3.63) is 46.7 Å². The van der Waals surface area contributed by atoms with Gasteiger partial charge in [0, 0.05) is 18.1 Å². The summed E-state index contributed by atoms with van der Waals surface area (Å²) >= 11 is 6.04. The highest BCUT2D eigenvalue weighted by Gasteiger charge is 2.48. The van der Waals surface area contributed by atoms with Crippen molar-refractivity contribution in [1.82, 2.24) is 14.7 Å². The van der Waals surface area contributed by atoms with E-state index >= 15 is 0 Å². The summed E-state index contributed by atoms with van der Waals surface area (Å²) in [5.41, 5.74) is 1.08. The molecule has 0 radical (unpaired) electrons. The Morgan fingerprint density at radius 2 is 2.08 bits per heavy atom. The molecule has 0 spiro atoms. The van der Waals surface area contributed by atoms with E-state index in [1.165, 1.54) is 6.20 Å². The molecule has 1 N–H and O–H groups in total. The summed E-state index contributed by atoms with van der Waals surface area (Å²) in [4.78, 5) is 26.4. The molecule has 3 rings (SSSR count). The van der Waals surface area contributed by atoms with Crippen molar-refractivity contribution in [3.8, 4) is 5.69 Å². The van der Waals surface area contributed by atoms with E-state index < -0.39 is 11.4 Å². The van der Waals surface area contributed by atoms with Crippen molar-refractivity contribution < 1.29 is 14.7 Å². The topological polar surface area (TPSA) is 75.4 Å². The van der Waals surface area contributed by atoms with Crippen LogP contribution in [0.2, 0.25) is 5.02 Å². The first-order chi connectivity index (χ1) is 12.3. The van der Waals surface area contributed by atoms with Gasteiger partial charge in [0.2, 0.25) is 0 Å². The Labute approximate surface area is 157 Å². The van der Waals surface area contributed by atoms with Crippen molar-refractivity contribution in [1.29, 1.82) is 0 Å². The van der Waals surface area contributed by atoms with E-state index in [0.717, 1.165) is 5.69 Å². The van der Waals surface area contributed by atoms with Crippen LogP contribution in [0.4, 0.5) is 0 Å². The van der Waals surface area contributed by atoms with Gasteiger partial charge in [-0.2, -0.15) is 5.10 Å². The molecule has 0 aliphatic carbocycles. The average Bonchev–Trinajstić information content (AvgIpc) is 3.19. The van der Waals surface area contributed by atoms with Crippen LogP contribution in [0, 0.1) is 18.3 Å². The molecule has 0 bridgehead atoms. The van der Waals surface area contributed by atoms with Crippen LogP contribution in [0.1, 0.15) is 36.3 Å².